The normalized spacial score (nSPS) is 11.6. The fourth-order valence-corrected chi connectivity index (χ4v) is 16.5. The maximum Gasteiger partial charge on any atom is 0.188 e. The molecule has 0 aliphatic carbocycles. The Morgan fingerprint density at radius 1 is 0.236 bits per heavy atom. The number of pyridine rings is 3. The van der Waals surface area contributed by atoms with Crippen LogP contribution in [0.4, 0.5) is 11.4 Å². The maximum absolute atomic E-state index is 7.77. The standard InChI is InChI=1S/C52H31N3.C47H28N4/c1-53-37-25-27-51-49(30-37)48-29-36(24-26-50(48)55(51)38-13-3-2-4-14-38)45-32-47-42-17-7-5-15-40(42)44(31-46(47)43-18-8-6-16-41(43)45)34-22-20-33(21-23-34)39-19-9-11-35-12-10-28-54-52(35)39;1-48-32-19-21-47-43(27-32)42-26-31(18-20-46(42)51(47)33-10-3-2-4-11-33)38-28-39-36-14-7-8-15-37(36)41(29-40(39)35-13-6-5-12-34(35)38)45-17-9-16-44(50-45)30-22-24-49-25-23-30/h2-32H;2-29H. The van der Waals surface area contributed by atoms with Crippen LogP contribution < -0.4 is 0 Å². The van der Waals surface area contributed by atoms with Gasteiger partial charge in [0.15, 0.2) is 11.4 Å². The first-order valence-electron chi connectivity index (χ1n) is 35.6. The van der Waals surface area contributed by atoms with Crippen LogP contribution in [0.2, 0.25) is 0 Å². The Balaban J connectivity index is 0.000000141. The summed E-state index contributed by atoms with van der Waals surface area (Å²) in [5.74, 6) is 0. The zero-order chi connectivity index (χ0) is 70.3. The van der Waals surface area contributed by atoms with E-state index in [1.54, 1.807) is 0 Å². The van der Waals surface area contributed by atoms with Crippen LogP contribution in [0.3, 0.4) is 0 Å². The minimum absolute atomic E-state index is 0.638. The molecule has 0 amide bonds. The Bertz CT molecular complexity index is 7260. The van der Waals surface area contributed by atoms with Crippen molar-refractivity contribution in [3.05, 3.63) is 381 Å². The second-order valence-corrected chi connectivity index (χ2v) is 27.1. The monoisotopic (exact) mass is 1350 g/mol. The van der Waals surface area contributed by atoms with Gasteiger partial charge in [0.1, 0.15) is 0 Å². The Morgan fingerprint density at radius 2 is 0.613 bits per heavy atom. The van der Waals surface area contributed by atoms with Crippen molar-refractivity contribution >= 4 is 131 Å². The summed E-state index contributed by atoms with van der Waals surface area (Å²) in [5.41, 5.74) is 22.3. The lowest BCUT2D eigenvalue weighted by Crippen LogP contribution is -1.93. The van der Waals surface area contributed by atoms with Gasteiger partial charge in [-0.25, -0.2) is 14.7 Å². The topological polar surface area (TPSA) is 57.2 Å². The summed E-state index contributed by atoms with van der Waals surface area (Å²) in [5, 5.41) is 20.1. The average Bonchev–Trinajstić information content (AvgIpc) is 1.04. The van der Waals surface area contributed by atoms with Crippen LogP contribution in [0.15, 0.2) is 358 Å². The first-order valence-corrected chi connectivity index (χ1v) is 35.6. The predicted molar refractivity (Wildman–Crippen MR) is 443 cm³/mol. The molecule has 490 valence electrons. The van der Waals surface area contributed by atoms with E-state index in [0.29, 0.717) is 11.4 Å². The van der Waals surface area contributed by atoms with E-state index in [2.05, 4.69) is 309 Å². The molecule has 16 aromatic carbocycles. The van der Waals surface area contributed by atoms with Crippen LogP contribution in [0.1, 0.15) is 0 Å². The van der Waals surface area contributed by atoms with Crippen molar-refractivity contribution in [1.29, 1.82) is 0 Å². The largest absolute Gasteiger partial charge is 0.309 e. The van der Waals surface area contributed by atoms with E-state index in [9.17, 15) is 0 Å². The van der Waals surface area contributed by atoms with Crippen LogP contribution in [0.25, 0.3) is 207 Å². The lowest BCUT2D eigenvalue weighted by atomic mass is 9.87. The molecule has 0 fully saturated rings. The van der Waals surface area contributed by atoms with Gasteiger partial charge in [-0.3, -0.25) is 9.97 Å². The van der Waals surface area contributed by atoms with Gasteiger partial charge in [-0.2, -0.15) is 0 Å². The molecule has 7 heteroatoms. The number of nitrogens with zero attached hydrogens (tertiary/aromatic N) is 7. The molecule has 0 saturated heterocycles. The van der Waals surface area contributed by atoms with Crippen molar-refractivity contribution in [1.82, 2.24) is 24.1 Å². The second kappa shape index (κ2) is 25.2. The van der Waals surface area contributed by atoms with Crippen LogP contribution >= 0.6 is 0 Å². The maximum atomic E-state index is 7.77. The fraction of sp³-hybridized carbons (Fsp3) is 0. The highest BCUT2D eigenvalue weighted by molar-refractivity contribution is 6.26. The van der Waals surface area contributed by atoms with Crippen molar-refractivity contribution in [3.63, 3.8) is 0 Å². The molecular weight excluding hydrogens is 1290 g/mol. The van der Waals surface area contributed by atoms with E-state index >= 15 is 0 Å². The summed E-state index contributed by atoms with van der Waals surface area (Å²) >= 11 is 0. The molecule has 0 spiro atoms. The number of hydrogen-bond acceptors (Lipinski definition) is 3. The van der Waals surface area contributed by atoms with Crippen molar-refractivity contribution in [2.45, 2.75) is 0 Å². The molecule has 5 heterocycles. The molecule has 106 heavy (non-hydrogen) atoms. The number of benzene rings is 16. The van der Waals surface area contributed by atoms with Crippen LogP contribution in [-0.2, 0) is 0 Å². The van der Waals surface area contributed by atoms with Crippen LogP contribution in [-0.4, -0.2) is 24.1 Å². The highest BCUT2D eigenvalue weighted by Crippen LogP contribution is 2.47. The molecule has 0 unspecified atom stereocenters. The third-order valence-corrected chi connectivity index (χ3v) is 21.3. The van der Waals surface area contributed by atoms with Gasteiger partial charge in [0.2, 0.25) is 0 Å². The highest BCUT2D eigenvalue weighted by atomic mass is 15.0. The molecule has 0 saturated carbocycles. The number of fused-ring (bicyclic) bond motifs is 17. The minimum Gasteiger partial charge on any atom is -0.309 e. The van der Waals surface area contributed by atoms with Crippen LogP contribution in [0.5, 0.6) is 0 Å². The molecule has 0 aliphatic heterocycles. The van der Waals surface area contributed by atoms with E-state index in [1.807, 2.05) is 73.2 Å². The molecule has 0 radical (unpaired) electrons. The molecule has 7 nitrogen and oxygen atoms in total. The number of hydrogen-bond donors (Lipinski definition) is 0. The zero-order valence-corrected chi connectivity index (χ0v) is 57.2. The Labute approximate surface area is 610 Å². The van der Waals surface area contributed by atoms with E-state index in [4.69, 9.17) is 23.1 Å². The van der Waals surface area contributed by atoms with Crippen molar-refractivity contribution in [2.24, 2.45) is 0 Å². The van der Waals surface area contributed by atoms with Crippen LogP contribution in [0, 0.1) is 13.1 Å². The number of para-hydroxylation sites is 3. The van der Waals surface area contributed by atoms with E-state index in [0.717, 1.165) is 111 Å². The summed E-state index contributed by atoms with van der Waals surface area (Å²) < 4.78 is 4.61. The highest BCUT2D eigenvalue weighted by Gasteiger charge is 2.22. The number of rotatable bonds is 8. The molecule has 21 rings (SSSR count). The lowest BCUT2D eigenvalue weighted by Gasteiger charge is -2.16. The molecule has 0 N–H and O–H groups in total. The SMILES string of the molecule is [C-]#[N+]c1ccc2c(c1)c1cc(-c3cc4c5ccccc5c(-c5ccc(-c6cccc7cccnc67)cc5)cc4c4ccccc34)ccc1n2-c1ccccc1.[C-]#[N+]c1ccc2c(c1)c1cc(-c3cc4c5ccccc5c(-c5cccc(-c6ccncc6)n5)cc4c4ccccc34)ccc1n2-c1ccccc1. The van der Waals surface area contributed by atoms with Crippen molar-refractivity contribution in [2.75, 3.05) is 0 Å². The third kappa shape index (κ3) is 10.1. The second-order valence-electron chi connectivity index (χ2n) is 27.1. The zero-order valence-electron chi connectivity index (χ0n) is 57.2. The Kier molecular flexibility index (Phi) is 14.5. The van der Waals surface area contributed by atoms with Crippen molar-refractivity contribution < 1.29 is 0 Å². The summed E-state index contributed by atoms with van der Waals surface area (Å²) in [6, 6.07) is 121. The van der Waals surface area contributed by atoms with Gasteiger partial charge in [-0.05, 0) is 242 Å². The Morgan fingerprint density at radius 3 is 1.09 bits per heavy atom. The quantitative estimate of drug-likeness (QED) is 0.113. The molecule has 5 aromatic heterocycles. The number of aromatic nitrogens is 5. The summed E-state index contributed by atoms with van der Waals surface area (Å²) in [4.78, 5) is 21.6. The van der Waals surface area contributed by atoms with Gasteiger partial charge >= 0.3 is 0 Å². The van der Waals surface area contributed by atoms with Gasteiger partial charge in [0.05, 0.1) is 52.1 Å². The smallest absolute Gasteiger partial charge is 0.188 e. The predicted octanol–water partition coefficient (Wildman–Crippen LogP) is 26.9. The van der Waals surface area contributed by atoms with E-state index in [-0.39, 0.29) is 0 Å². The Hall–Kier alpha value is -14.6. The molecule has 0 aliphatic rings. The molecule has 21 aromatic rings. The van der Waals surface area contributed by atoms with E-state index < -0.39 is 0 Å². The summed E-state index contributed by atoms with van der Waals surface area (Å²) in [7, 11) is 0. The molecule has 0 atom stereocenters. The third-order valence-electron chi connectivity index (χ3n) is 21.3. The summed E-state index contributed by atoms with van der Waals surface area (Å²) in [6.45, 7) is 15.5. The first-order chi connectivity index (χ1) is 52.5. The fourth-order valence-electron chi connectivity index (χ4n) is 16.5. The first kappa shape index (κ1) is 61.3. The summed E-state index contributed by atoms with van der Waals surface area (Å²) in [6.07, 6.45) is 5.48. The minimum atomic E-state index is 0.638. The molecular formula is C99H59N7. The molecule has 0 bridgehead atoms. The van der Waals surface area contributed by atoms with Gasteiger partial charge in [-0.1, -0.05) is 212 Å². The van der Waals surface area contributed by atoms with Gasteiger partial charge < -0.3 is 9.13 Å². The van der Waals surface area contributed by atoms with Crippen molar-refractivity contribution in [3.8, 4) is 78.4 Å². The lowest BCUT2D eigenvalue weighted by molar-refractivity contribution is 1.18. The van der Waals surface area contributed by atoms with Gasteiger partial charge in [0, 0.05) is 62.8 Å². The van der Waals surface area contributed by atoms with Gasteiger partial charge in [-0.15, -0.1) is 0 Å². The van der Waals surface area contributed by atoms with E-state index in [1.165, 1.54) is 86.9 Å². The average molecular weight is 1350 g/mol. The van der Waals surface area contributed by atoms with Gasteiger partial charge in [0.25, 0.3) is 0 Å².